The first kappa shape index (κ1) is 19.9. The molecule has 122 valence electrons. The van der Waals surface area contributed by atoms with Gasteiger partial charge < -0.3 is 14.9 Å². The highest BCUT2D eigenvalue weighted by Gasteiger charge is 1.99. The van der Waals surface area contributed by atoms with E-state index in [-0.39, 0.29) is 25.1 Å². The predicted molar refractivity (Wildman–Crippen MR) is 84.9 cm³/mol. The summed E-state index contributed by atoms with van der Waals surface area (Å²) >= 11 is 0. The van der Waals surface area contributed by atoms with Crippen LogP contribution in [-0.4, -0.2) is 35.5 Å². The van der Waals surface area contributed by atoms with Crippen LogP contribution in [0, 0.1) is 0 Å². The molecular weight excluding hydrogens is 268 g/mol. The summed E-state index contributed by atoms with van der Waals surface area (Å²) in [5, 5.41) is 18.2. The molecule has 0 aliphatic heterocycles. The van der Waals surface area contributed by atoms with E-state index in [2.05, 4.69) is 6.92 Å². The minimum absolute atomic E-state index is 0.0747. The summed E-state index contributed by atoms with van der Waals surface area (Å²) in [6.07, 6.45) is 14.4. The zero-order valence-electron chi connectivity index (χ0n) is 13.2. The van der Waals surface area contributed by atoms with Crippen molar-refractivity contribution in [3.63, 3.8) is 0 Å². The molecule has 0 fully saturated rings. The van der Waals surface area contributed by atoms with Crippen molar-refractivity contribution >= 4 is 5.97 Å². The molecule has 0 aromatic heterocycles. The highest BCUT2D eigenvalue weighted by Crippen LogP contribution is 2.04. The van der Waals surface area contributed by atoms with E-state index in [0.717, 1.165) is 32.1 Å². The lowest BCUT2D eigenvalue weighted by atomic mass is 10.1. The fraction of sp³-hybridized carbons (Fsp3) is 0.706. The predicted octanol–water partition coefficient (Wildman–Crippen LogP) is 3.14. The first-order valence-corrected chi connectivity index (χ1v) is 7.98. The lowest BCUT2D eigenvalue weighted by Gasteiger charge is -2.03. The third-order valence-electron chi connectivity index (χ3n) is 3.03. The Morgan fingerprint density at radius 2 is 2.00 bits per heavy atom. The summed E-state index contributed by atoms with van der Waals surface area (Å²) in [7, 11) is 0. The summed E-state index contributed by atoms with van der Waals surface area (Å²) in [4.78, 5) is 10.9. The van der Waals surface area contributed by atoms with Crippen LogP contribution in [0.1, 0.15) is 58.3 Å². The van der Waals surface area contributed by atoms with Crippen molar-refractivity contribution in [2.24, 2.45) is 0 Å². The van der Waals surface area contributed by atoms with Gasteiger partial charge in [0, 0.05) is 0 Å². The normalized spacial score (nSPS) is 13.1. The average molecular weight is 298 g/mol. The number of unbranched alkanes of at least 4 members (excludes halogenated alkanes) is 4. The van der Waals surface area contributed by atoms with E-state index in [0.29, 0.717) is 6.61 Å². The highest BCUT2D eigenvalue weighted by atomic mass is 16.5. The maximum atomic E-state index is 10.9. The Bertz CT molecular complexity index is 297. The number of hydrogen-bond acceptors (Lipinski definition) is 4. The van der Waals surface area contributed by atoms with E-state index in [1.54, 1.807) is 0 Å². The Morgan fingerprint density at radius 3 is 2.71 bits per heavy atom. The molecule has 4 nitrogen and oxygen atoms in total. The van der Waals surface area contributed by atoms with Crippen molar-refractivity contribution in [2.45, 2.75) is 64.4 Å². The van der Waals surface area contributed by atoms with Gasteiger partial charge in [-0.15, -0.1) is 0 Å². The van der Waals surface area contributed by atoms with Gasteiger partial charge in [-0.05, 0) is 25.7 Å². The zero-order valence-corrected chi connectivity index (χ0v) is 13.2. The molecule has 0 aliphatic rings. The number of aliphatic hydroxyl groups excluding tert-OH is 2. The third-order valence-corrected chi connectivity index (χ3v) is 3.03. The number of aliphatic hydroxyl groups is 2. The topological polar surface area (TPSA) is 66.8 Å². The van der Waals surface area contributed by atoms with Gasteiger partial charge in [-0.2, -0.15) is 0 Å². The molecular formula is C17H30O4. The van der Waals surface area contributed by atoms with Gasteiger partial charge in [0.25, 0.3) is 0 Å². The molecule has 0 heterocycles. The number of rotatable bonds is 13. The minimum atomic E-state index is -0.341. The molecule has 0 aliphatic carbocycles. The van der Waals surface area contributed by atoms with Gasteiger partial charge in [0.05, 0.1) is 25.7 Å². The van der Waals surface area contributed by atoms with Gasteiger partial charge in [-0.25, -0.2) is 0 Å². The molecule has 0 radical (unpaired) electrons. The van der Waals surface area contributed by atoms with Crippen LogP contribution in [0.15, 0.2) is 24.3 Å². The van der Waals surface area contributed by atoms with E-state index >= 15 is 0 Å². The molecule has 0 amide bonds. The van der Waals surface area contributed by atoms with E-state index < -0.39 is 0 Å². The maximum absolute atomic E-state index is 10.9. The van der Waals surface area contributed by atoms with Gasteiger partial charge in [0.1, 0.15) is 0 Å². The molecule has 0 saturated carbocycles. The number of carbonyl (C=O) groups is 1. The fourth-order valence-electron chi connectivity index (χ4n) is 1.78. The van der Waals surface area contributed by atoms with Crippen LogP contribution < -0.4 is 0 Å². The van der Waals surface area contributed by atoms with E-state index in [4.69, 9.17) is 9.84 Å². The summed E-state index contributed by atoms with van der Waals surface area (Å²) < 4.78 is 4.92. The molecule has 0 aromatic rings. The Hall–Kier alpha value is -1.13. The largest absolute Gasteiger partial charge is 0.466 e. The molecule has 0 spiro atoms. The van der Waals surface area contributed by atoms with Crippen LogP contribution in [0.25, 0.3) is 0 Å². The first-order valence-electron chi connectivity index (χ1n) is 7.98. The Balaban J connectivity index is 3.45. The van der Waals surface area contributed by atoms with Gasteiger partial charge in [-0.1, -0.05) is 50.5 Å². The van der Waals surface area contributed by atoms with Crippen LogP contribution in [0.4, 0.5) is 0 Å². The molecule has 4 heteroatoms. The van der Waals surface area contributed by atoms with Gasteiger partial charge in [0.15, 0.2) is 0 Å². The van der Waals surface area contributed by atoms with Crippen molar-refractivity contribution in [3.05, 3.63) is 24.3 Å². The Labute approximate surface area is 128 Å². The highest BCUT2D eigenvalue weighted by molar-refractivity contribution is 5.69. The second-order valence-corrected chi connectivity index (χ2v) is 5.07. The van der Waals surface area contributed by atoms with Crippen molar-refractivity contribution in [1.29, 1.82) is 0 Å². The number of hydrogen-bond donors (Lipinski definition) is 2. The molecule has 0 rings (SSSR count). The first-order chi connectivity index (χ1) is 10.2. The van der Waals surface area contributed by atoms with Crippen molar-refractivity contribution in [3.8, 4) is 0 Å². The molecule has 21 heavy (non-hydrogen) atoms. The number of ether oxygens (including phenoxy) is 1. The van der Waals surface area contributed by atoms with Crippen molar-refractivity contribution < 1.29 is 19.7 Å². The molecule has 0 unspecified atom stereocenters. The van der Waals surface area contributed by atoms with Crippen LogP contribution in [-0.2, 0) is 9.53 Å². The lowest BCUT2D eigenvalue weighted by molar-refractivity contribution is -0.144. The Kier molecular flexibility index (Phi) is 14.4. The van der Waals surface area contributed by atoms with Crippen LogP contribution in [0.2, 0.25) is 0 Å². The quantitative estimate of drug-likeness (QED) is 0.311. The molecule has 2 N–H and O–H groups in total. The van der Waals surface area contributed by atoms with E-state index in [1.807, 2.05) is 24.3 Å². The second-order valence-electron chi connectivity index (χ2n) is 5.07. The van der Waals surface area contributed by atoms with Crippen LogP contribution in [0.3, 0.4) is 0 Å². The van der Waals surface area contributed by atoms with Crippen LogP contribution in [0.5, 0.6) is 0 Å². The minimum Gasteiger partial charge on any atom is -0.466 e. The van der Waals surface area contributed by atoms with E-state index in [1.165, 1.54) is 12.8 Å². The Morgan fingerprint density at radius 1 is 1.19 bits per heavy atom. The van der Waals surface area contributed by atoms with Gasteiger partial charge >= 0.3 is 5.97 Å². The summed E-state index contributed by atoms with van der Waals surface area (Å²) in [5.74, 6) is -0.340. The number of carbonyl (C=O) groups excluding carboxylic acids is 1. The molecule has 0 aromatic carbocycles. The lowest BCUT2D eigenvalue weighted by Crippen LogP contribution is -2.07. The third kappa shape index (κ3) is 15.1. The summed E-state index contributed by atoms with van der Waals surface area (Å²) in [6, 6.07) is 0. The number of allylic oxidation sites excluding steroid dienone is 3. The van der Waals surface area contributed by atoms with Crippen molar-refractivity contribution in [2.75, 3.05) is 13.2 Å². The monoisotopic (exact) mass is 298 g/mol. The summed E-state index contributed by atoms with van der Waals surface area (Å²) in [5.41, 5.74) is 0. The molecule has 0 saturated heterocycles. The summed E-state index contributed by atoms with van der Waals surface area (Å²) in [6.45, 7) is 2.41. The molecule has 0 bridgehead atoms. The SMILES string of the molecule is CCCCC[C@H](O)/C=C/C=C\CCCCOC(=O)CCO. The van der Waals surface area contributed by atoms with Gasteiger partial charge in [0.2, 0.25) is 0 Å². The fourth-order valence-corrected chi connectivity index (χ4v) is 1.78. The van der Waals surface area contributed by atoms with Gasteiger partial charge in [-0.3, -0.25) is 4.79 Å². The van der Waals surface area contributed by atoms with Crippen molar-refractivity contribution in [1.82, 2.24) is 0 Å². The molecule has 1 atom stereocenters. The standard InChI is InChI=1S/C17H30O4/c1-2-3-8-11-16(19)12-9-6-4-5-7-10-15-21-17(20)13-14-18/h4,6,9,12,16,18-19H,2-3,5,7-8,10-11,13-15H2,1H3/b6-4-,12-9+/t16-/m0/s1. The average Bonchev–Trinajstić information content (AvgIpc) is 2.46. The smallest absolute Gasteiger partial charge is 0.308 e. The van der Waals surface area contributed by atoms with E-state index in [9.17, 15) is 9.90 Å². The second kappa shape index (κ2) is 15.3. The number of esters is 1. The maximum Gasteiger partial charge on any atom is 0.308 e. The van der Waals surface area contributed by atoms with Crippen LogP contribution >= 0.6 is 0 Å². The zero-order chi connectivity index (χ0) is 15.8.